The van der Waals surface area contributed by atoms with Crippen LogP contribution in [0.1, 0.15) is 12.5 Å². The highest BCUT2D eigenvalue weighted by atomic mass is 35.5. The number of benzene rings is 2. The average molecular weight is 419 g/mol. The largest absolute Gasteiger partial charge is 0.491 e. The van der Waals surface area contributed by atoms with Gasteiger partial charge in [0.1, 0.15) is 0 Å². The topological polar surface area (TPSA) is 76.4 Å². The molecule has 0 fully saturated rings. The molecule has 140 valence electrons. The molecule has 0 aliphatic carbocycles. The van der Waals surface area contributed by atoms with Crippen LogP contribution in [-0.2, 0) is 6.54 Å². The first-order valence-corrected chi connectivity index (χ1v) is 9.05. The van der Waals surface area contributed by atoms with Crippen molar-refractivity contribution in [3.8, 4) is 5.75 Å². The van der Waals surface area contributed by atoms with E-state index in [0.717, 1.165) is 5.56 Å². The van der Waals surface area contributed by atoms with Crippen molar-refractivity contribution in [2.24, 2.45) is 0 Å². The van der Waals surface area contributed by atoms with Crippen LogP contribution in [0.25, 0.3) is 0 Å². The van der Waals surface area contributed by atoms with E-state index in [9.17, 15) is 10.1 Å². The van der Waals surface area contributed by atoms with Gasteiger partial charge in [-0.25, -0.2) is 0 Å². The highest BCUT2D eigenvalue weighted by molar-refractivity contribution is 6.37. The van der Waals surface area contributed by atoms with Crippen LogP contribution < -0.4 is 15.4 Å². The van der Waals surface area contributed by atoms with Crippen molar-refractivity contribution >= 4 is 46.2 Å². The van der Waals surface area contributed by atoms with E-state index >= 15 is 0 Å². The Labute approximate surface area is 166 Å². The van der Waals surface area contributed by atoms with Gasteiger partial charge in [-0.3, -0.25) is 10.1 Å². The second kappa shape index (κ2) is 9.83. The number of rotatable bonds is 9. The van der Waals surface area contributed by atoms with Gasteiger partial charge in [-0.1, -0.05) is 34.8 Å². The lowest BCUT2D eigenvalue weighted by atomic mass is 10.2. The van der Waals surface area contributed by atoms with Gasteiger partial charge in [0.15, 0.2) is 5.75 Å². The third-order valence-corrected chi connectivity index (χ3v) is 4.33. The predicted octanol–water partition coefficient (Wildman–Crippen LogP) is 5.16. The number of nitro groups is 1. The Bertz CT molecular complexity index is 764. The second-order valence-corrected chi connectivity index (χ2v) is 6.57. The zero-order valence-corrected chi connectivity index (χ0v) is 16.3. The first-order chi connectivity index (χ1) is 12.4. The molecule has 0 unspecified atom stereocenters. The smallest absolute Gasteiger partial charge is 0.271 e. The third kappa shape index (κ3) is 5.64. The summed E-state index contributed by atoms with van der Waals surface area (Å²) in [5, 5.41) is 18.3. The lowest BCUT2D eigenvalue weighted by Crippen LogP contribution is -2.21. The standard InChI is InChI=1S/C17H18Cl3N3O3/c1-2-26-17-14(19)7-11(8-15(17)20)10-21-5-6-22-16-4-3-12(23(24)25)9-13(16)18/h3-4,7-9,21-22H,2,5-6,10H2,1H3. The van der Waals surface area contributed by atoms with E-state index < -0.39 is 4.92 Å². The van der Waals surface area contributed by atoms with E-state index in [2.05, 4.69) is 10.6 Å². The molecule has 2 rings (SSSR count). The van der Waals surface area contributed by atoms with Gasteiger partial charge in [-0.2, -0.15) is 0 Å². The molecule has 0 saturated carbocycles. The van der Waals surface area contributed by atoms with Gasteiger partial charge in [-0.05, 0) is 30.7 Å². The fraction of sp³-hybridized carbons (Fsp3) is 0.294. The Balaban J connectivity index is 1.81. The van der Waals surface area contributed by atoms with E-state index in [1.165, 1.54) is 12.1 Å². The number of hydrogen-bond acceptors (Lipinski definition) is 5. The van der Waals surface area contributed by atoms with Crippen molar-refractivity contribution in [3.63, 3.8) is 0 Å². The first kappa shape index (κ1) is 20.6. The maximum atomic E-state index is 10.7. The maximum Gasteiger partial charge on any atom is 0.271 e. The summed E-state index contributed by atoms with van der Waals surface area (Å²) in [6, 6.07) is 7.94. The number of anilines is 1. The Morgan fingerprint density at radius 1 is 1.08 bits per heavy atom. The second-order valence-electron chi connectivity index (χ2n) is 5.35. The van der Waals surface area contributed by atoms with Gasteiger partial charge in [-0.15, -0.1) is 0 Å². The van der Waals surface area contributed by atoms with Crippen LogP contribution in [0.4, 0.5) is 11.4 Å². The molecular weight excluding hydrogens is 401 g/mol. The number of nitrogens with one attached hydrogen (secondary N) is 2. The van der Waals surface area contributed by atoms with Gasteiger partial charge in [0.2, 0.25) is 0 Å². The molecule has 0 atom stereocenters. The normalized spacial score (nSPS) is 10.6. The van der Waals surface area contributed by atoms with Gasteiger partial charge < -0.3 is 15.4 Å². The maximum absolute atomic E-state index is 10.7. The van der Waals surface area contributed by atoms with Gasteiger partial charge in [0.05, 0.1) is 32.3 Å². The molecule has 0 aromatic heterocycles. The Morgan fingerprint density at radius 2 is 1.77 bits per heavy atom. The number of ether oxygens (including phenoxy) is 1. The van der Waals surface area contributed by atoms with Crippen LogP contribution in [0.2, 0.25) is 15.1 Å². The summed E-state index contributed by atoms with van der Waals surface area (Å²) in [5.41, 5.74) is 1.55. The van der Waals surface area contributed by atoms with E-state index in [4.69, 9.17) is 39.5 Å². The zero-order chi connectivity index (χ0) is 19.1. The Hall–Kier alpha value is -1.73. The van der Waals surface area contributed by atoms with Crippen molar-refractivity contribution in [3.05, 3.63) is 61.1 Å². The molecule has 26 heavy (non-hydrogen) atoms. The Morgan fingerprint density at radius 3 is 2.35 bits per heavy atom. The van der Waals surface area contributed by atoms with Crippen LogP contribution in [0.5, 0.6) is 5.75 Å². The molecule has 9 heteroatoms. The van der Waals surface area contributed by atoms with Crippen molar-refractivity contribution in [2.45, 2.75) is 13.5 Å². The molecule has 2 N–H and O–H groups in total. The van der Waals surface area contributed by atoms with Gasteiger partial charge in [0.25, 0.3) is 5.69 Å². The quantitative estimate of drug-likeness (QED) is 0.334. The van der Waals surface area contributed by atoms with Crippen LogP contribution in [0.15, 0.2) is 30.3 Å². The van der Waals surface area contributed by atoms with Crippen LogP contribution >= 0.6 is 34.8 Å². The fourth-order valence-corrected chi connectivity index (χ4v) is 3.16. The average Bonchev–Trinajstić information content (AvgIpc) is 2.59. The fourth-order valence-electron chi connectivity index (χ4n) is 2.28. The molecule has 0 heterocycles. The monoisotopic (exact) mass is 417 g/mol. The molecule has 0 spiro atoms. The van der Waals surface area contributed by atoms with Crippen molar-refractivity contribution in [1.29, 1.82) is 0 Å². The van der Waals surface area contributed by atoms with Crippen LogP contribution in [-0.4, -0.2) is 24.6 Å². The minimum Gasteiger partial charge on any atom is -0.491 e. The minimum absolute atomic E-state index is 0.0390. The van der Waals surface area contributed by atoms with E-state index in [1.54, 1.807) is 6.07 Å². The van der Waals surface area contributed by atoms with Crippen LogP contribution in [0.3, 0.4) is 0 Å². The highest BCUT2D eigenvalue weighted by Crippen LogP contribution is 2.34. The molecule has 0 radical (unpaired) electrons. The van der Waals surface area contributed by atoms with Crippen molar-refractivity contribution in [2.75, 3.05) is 25.0 Å². The highest BCUT2D eigenvalue weighted by Gasteiger charge is 2.10. The summed E-state index contributed by atoms with van der Waals surface area (Å²) in [6.07, 6.45) is 0. The van der Waals surface area contributed by atoms with E-state index in [1.807, 2.05) is 19.1 Å². The van der Waals surface area contributed by atoms with Crippen molar-refractivity contribution < 1.29 is 9.66 Å². The zero-order valence-electron chi connectivity index (χ0n) is 14.0. The lowest BCUT2D eigenvalue weighted by Gasteiger charge is -2.12. The molecule has 2 aromatic carbocycles. The van der Waals surface area contributed by atoms with Crippen LogP contribution in [0, 0.1) is 10.1 Å². The number of halogens is 3. The van der Waals surface area contributed by atoms with Crippen molar-refractivity contribution in [1.82, 2.24) is 5.32 Å². The minimum atomic E-state index is -0.482. The number of non-ortho nitro benzene ring substituents is 1. The van der Waals surface area contributed by atoms with E-state index in [0.29, 0.717) is 52.7 Å². The van der Waals surface area contributed by atoms with Gasteiger partial charge >= 0.3 is 0 Å². The molecule has 0 saturated heterocycles. The Kier molecular flexibility index (Phi) is 7.78. The number of nitro benzene ring substituents is 1. The number of hydrogen-bond donors (Lipinski definition) is 2. The SMILES string of the molecule is CCOc1c(Cl)cc(CNCCNc2ccc([N+](=O)[O-])cc2Cl)cc1Cl. The third-order valence-electron chi connectivity index (χ3n) is 3.46. The summed E-state index contributed by atoms with van der Waals surface area (Å²) in [7, 11) is 0. The summed E-state index contributed by atoms with van der Waals surface area (Å²) in [4.78, 5) is 10.2. The van der Waals surface area contributed by atoms with E-state index in [-0.39, 0.29) is 5.69 Å². The molecule has 6 nitrogen and oxygen atoms in total. The molecule has 0 amide bonds. The predicted molar refractivity (Wildman–Crippen MR) is 106 cm³/mol. The molecule has 2 aromatic rings. The summed E-state index contributed by atoms with van der Waals surface area (Å²) in [5.74, 6) is 0.495. The summed E-state index contributed by atoms with van der Waals surface area (Å²) >= 11 is 18.4. The lowest BCUT2D eigenvalue weighted by molar-refractivity contribution is -0.384. The summed E-state index contributed by atoms with van der Waals surface area (Å²) in [6.45, 7) is 4.19. The first-order valence-electron chi connectivity index (χ1n) is 7.91. The number of nitrogens with zero attached hydrogens (tertiary/aromatic N) is 1. The molecular formula is C17H18Cl3N3O3. The molecule has 0 aliphatic rings. The molecule has 0 aliphatic heterocycles. The van der Waals surface area contributed by atoms with Gasteiger partial charge in [0, 0.05) is 31.8 Å². The molecule has 0 bridgehead atoms. The summed E-state index contributed by atoms with van der Waals surface area (Å²) < 4.78 is 5.40.